The number of rotatable bonds is 5. The molecular formula is C13H19N3O3S. The van der Waals surface area contributed by atoms with Gasteiger partial charge in [0.05, 0.1) is 10.4 Å². The van der Waals surface area contributed by atoms with E-state index in [1.165, 1.54) is 26.2 Å². The first kappa shape index (κ1) is 15.0. The van der Waals surface area contributed by atoms with Crippen molar-refractivity contribution in [2.45, 2.75) is 29.8 Å². The zero-order valence-electron chi connectivity index (χ0n) is 11.6. The summed E-state index contributed by atoms with van der Waals surface area (Å²) in [5.41, 5.74) is 5.92. The molecule has 0 radical (unpaired) electrons. The van der Waals surface area contributed by atoms with Crippen LogP contribution < -0.4 is 11.1 Å². The van der Waals surface area contributed by atoms with Crippen molar-refractivity contribution in [2.75, 3.05) is 14.1 Å². The molecule has 0 unspecified atom stereocenters. The van der Waals surface area contributed by atoms with Crippen LogP contribution in [0, 0.1) is 0 Å². The number of hydrogen-bond acceptors (Lipinski definition) is 4. The van der Waals surface area contributed by atoms with Gasteiger partial charge in [-0.1, -0.05) is 12.1 Å². The Hall–Kier alpha value is -1.44. The second-order valence-electron chi connectivity index (χ2n) is 5.27. The van der Waals surface area contributed by atoms with E-state index in [2.05, 4.69) is 5.32 Å². The standard InChI is InChI=1S/C13H19N3O3S/c1-16(2)20(18,19)11-5-3-10(4-6-11)9-15-12(17)13(14)7-8-13/h3-6H,7-9,14H2,1-2H3,(H,15,17). The molecule has 0 aliphatic heterocycles. The lowest BCUT2D eigenvalue weighted by Crippen LogP contribution is -2.42. The summed E-state index contributed by atoms with van der Waals surface area (Å²) < 4.78 is 24.9. The van der Waals surface area contributed by atoms with Crippen LogP contribution in [-0.2, 0) is 21.4 Å². The Balaban J connectivity index is 2.00. The Morgan fingerprint density at radius 2 is 1.85 bits per heavy atom. The SMILES string of the molecule is CN(C)S(=O)(=O)c1ccc(CNC(=O)C2(N)CC2)cc1. The van der Waals surface area contributed by atoms with Gasteiger partial charge in [-0.25, -0.2) is 12.7 Å². The molecule has 6 nitrogen and oxygen atoms in total. The number of amides is 1. The van der Waals surface area contributed by atoms with E-state index in [9.17, 15) is 13.2 Å². The summed E-state index contributed by atoms with van der Waals surface area (Å²) in [6.07, 6.45) is 1.44. The first-order valence-electron chi connectivity index (χ1n) is 6.34. The van der Waals surface area contributed by atoms with Crippen LogP contribution in [0.2, 0.25) is 0 Å². The van der Waals surface area contributed by atoms with E-state index in [4.69, 9.17) is 5.73 Å². The van der Waals surface area contributed by atoms with Gasteiger partial charge in [-0.2, -0.15) is 0 Å². The second-order valence-corrected chi connectivity index (χ2v) is 7.42. The molecule has 0 heterocycles. The van der Waals surface area contributed by atoms with Crippen LogP contribution in [0.25, 0.3) is 0 Å². The minimum absolute atomic E-state index is 0.150. The molecule has 20 heavy (non-hydrogen) atoms. The molecular weight excluding hydrogens is 278 g/mol. The number of sulfonamides is 1. The zero-order valence-corrected chi connectivity index (χ0v) is 12.4. The number of nitrogens with one attached hydrogen (secondary N) is 1. The van der Waals surface area contributed by atoms with Crippen molar-refractivity contribution in [3.63, 3.8) is 0 Å². The molecule has 0 spiro atoms. The van der Waals surface area contributed by atoms with E-state index in [1.54, 1.807) is 12.1 Å². The lowest BCUT2D eigenvalue weighted by atomic mass is 10.2. The molecule has 1 fully saturated rings. The van der Waals surface area contributed by atoms with Gasteiger partial charge in [0.25, 0.3) is 0 Å². The normalized spacial score (nSPS) is 17.0. The van der Waals surface area contributed by atoms with E-state index < -0.39 is 15.6 Å². The smallest absolute Gasteiger partial charge is 0.242 e. The number of nitrogens with zero attached hydrogens (tertiary/aromatic N) is 1. The molecule has 0 saturated heterocycles. The van der Waals surface area contributed by atoms with E-state index in [1.807, 2.05) is 0 Å². The molecule has 3 N–H and O–H groups in total. The van der Waals surface area contributed by atoms with Gasteiger partial charge in [0.2, 0.25) is 15.9 Å². The van der Waals surface area contributed by atoms with Crippen LogP contribution in [0.15, 0.2) is 29.2 Å². The monoisotopic (exact) mass is 297 g/mol. The minimum Gasteiger partial charge on any atom is -0.350 e. The summed E-state index contributed by atoms with van der Waals surface area (Å²) in [4.78, 5) is 11.9. The highest BCUT2D eigenvalue weighted by atomic mass is 32.2. The molecule has 0 bridgehead atoms. The summed E-state index contributed by atoms with van der Waals surface area (Å²) in [6, 6.07) is 6.44. The number of benzene rings is 1. The maximum atomic E-state index is 11.9. The van der Waals surface area contributed by atoms with Crippen LogP contribution in [0.5, 0.6) is 0 Å². The second kappa shape index (κ2) is 5.16. The quantitative estimate of drug-likeness (QED) is 0.803. The fourth-order valence-corrected chi connectivity index (χ4v) is 2.61. The Morgan fingerprint density at radius 3 is 2.30 bits per heavy atom. The predicted octanol–water partition coefficient (Wildman–Crippen LogP) is 0.0444. The highest BCUT2D eigenvalue weighted by Gasteiger charge is 2.45. The molecule has 1 aliphatic rings. The Bertz CT molecular complexity index is 604. The summed E-state index contributed by atoms with van der Waals surface area (Å²) in [6.45, 7) is 0.347. The summed E-state index contributed by atoms with van der Waals surface area (Å²) in [7, 11) is -0.440. The molecule has 1 aromatic rings. The van der Waals surface area contributed by atoms with Crippen molar-refractivity contribution in [2.24, 2.45) is 5.73 Å². The van der Waals surface area contributed by atoms with Gasteiger partial charge in [-0.05, 0) is 30.5 Å². The van der Waals surface area contributed by atoms with Crippen molar-refractivity contribution in [3.05, 3.63) is 29.8 Å². The Kier molecular flexibility index (Phi) is 3.86. The van der Waals surface area contributed by atoms with Gasteiger partial charge in [0.1, 0.15) is 0 Å². The van der Waals surface area contributed by atoms with E-state index in [-0.39, 0.29) is 10.8 Å². The summed E-state index contributed by atoms with van der Waals surface area (Å²) >= 11 is 0. The molecule has 110 valence electrons. The largest absolute Gasteiger partial charge is 0.350 e. The maximum absolute atomic E-state index is 11.9. The molecule has 0 atom stereocenters. The molecule has 1 amide bonds. The highest BCUT2D eigenvalue weighted by molar-refractivity contribution is 7.89. The number of nitrogens with two attached hydrogens (primary N) is 1. The van der Waals surface area contributed by atoms with E-state index in [0.29, 0.717) is 6.54 Å². The van der Waals surface area contributed by atoms with Crippen LogP contribution >= 0.6 is 0 Å². The van der Waals surface area contributed by atoms with E-state index in [0.717, 1.165) is 22.7 Å². The third-order valence-corrected chi connectivity index (χ3v) is 5.23. The average molecular weight is 297 g/mol. The fourth-order valence-electron chi connectivity index (χ4n) is 1.71. The third kappa shape index (κ3) is 3.00. The molecule has 1 saturated carbocycles. The van der Waals surface area contributed by atoms with Crippen molar-refractivity contribution in [3.8, 4) is 0 Å². The van der Waals surface area contributed by atoms with Crippen LogP contribution in [-0.4, -0.2) is 38.3 Å². The molecule has 7 heteroatoms. The van der Waals surface area contributed by atoms with Crippen LogP contribution in [0.1, 0.15) is 18.4 Å². The van der Waals surface area contributed by atoms with Gasteiger partial charge in [-0.3, -0.25) is 4.79 Å². The van der Waals surface area contributed by atoms with Crippen LogP contribution in [0.4, 0.5) is 0 Å². The van der Waals surface area contributed by atoms with Crippen LogP contribution in [0.3, 0.4) is 0 Å². The highest BCUT2D eigenvalue weighted by Crippen LogP contribution is 2.32. The lowest BCUT2D eigenvalue weighted by molar-refractivity contribution is -0.123. The number of carbonyl (C=O) groups excluding carboxylic acids is 1. The van der Waals surface area contributed by atoms with Gasteiger partial charge in [0.15, 0.2) is 0 Å². The minimum atomic E-state index is -3.41. The fraction of sp³-hybridized carbons (Fsp3) is 0.462. The third-order valence-electron chi connectivity index (χ3n) is 3.40. The average Bonchev–Trinajstić information content (AvgIpc) is 3.15. The zero-order chi connectivity index (χ0) is 15.0. The van der Waals surface area contributed by atoms with Gasteiger partial charge >= 0.3 is 0 Å². The predicted molar refractivity (Wildman–Crippen MR) is 75.3 cm³/mol. The molecule has 2 rings (SSSR count). The maximum Gasteiger partial charge on any atom is 0.242 e. The Labute approximate surface area is 119 Å². The molecule has 0 aromatic heterocycles. The van der Waals surface area contributed by atoms with Crippen molar-refractivity contribution < 1.29 is 13.2 Å². The first-order chi connectivity index (χ1) is 9.25. The lowest BCUT2D eigenvalue weighted by Gasteiger charge is -2.12. The topological polar surface area (TPSA) is 92.5 Å². The summed E-state index contributed by atoms with van der Waals surface area (Å²) in [5.74, 6) is -0.150. The molecule has 1 aliphatic carbocycles. The number of carbonyl (C=O) groups is 1. The Morgan fingerprint density at radius 1 is 1.30 bits per heavy atom. The first-order valence-corrected chi connectivity index (χ1v) is 7.78. The van der Waals surface area contributed by atoms with E-state index >= 15 is 0 Å². The van der Waals surface area contributed by atoms with Crippen molar-refractivity contribution in [1.82, 2.24) is 9.62 Å². The van der Waals surface area contributed by atoms with Crippen molar-refractivity contribution >= 4 is 15.9 Å². The van der Waals surface area contributed by atoms with Crippen molar-refractivity contribution in [1.29, 1.82) is 0 Å². The summed E-state index contributed by atoms with van der Waals surface area (Å²) in [5, 5.41) is 2.76. The molecule has 1 aromatic carbocycles. The van der Waals surface area contributed by atoms with Gasteiger partial charge < -0.3 is 11.1 Å². The number of hydrogen-bond donors (Lipinski definition) is 2. The van der Waals surface area contributed by atoms with Gasteiger partial charge in [-0.15, -0.1) is 0 Å². The van der Waals surface area contributed by atoms with Gasteiger partial charge in [0, 0.05) is 20.6 Å².